The molecule has 0 aliphatic carbocycles. The van der Waals surface area contributed by atoms with Gasteiger partial charge in [-0.25, -0.2) is 0 Å². The van der Waals surface area contributed by atoms with E-state index in [9.17, 15) is 14.4 Å². The molecule has 0 radical (unpaired) electrons. The van der Waals surface area contributed by atoms with Crippen LogP contribution in [0.1, 0.15) is 24.0 Å². The molecule has 0 saturated carbocycles. The lowest BCUT2D eigenvalue weighted by Gasteiger charge is -2.30. The van der Waals surface area contributed by atoms with E-state index in [4.69, 9.17) is 16.3 Å². The number of nitrogens with one attached hydrogen (secondary N) is 3. The van der Waals surface area contributed by atoms with Crippen molar-refractivity contribution in [2.45, 2.75) is 36.9 Å². The summed E-state index contributed by atoms with van der Waals surface area (Å²) in [6.07, 6.45) is 4.00. The summed E-state index contributed by atoms with van der Waals surface area (Å²) in [4.78, 5) is 46.1. The smallest absolute Gasteiger partial charge is 0.250 e. The first-order chi connectivity index (χ1) is 17.5. The summed E-state index contributed by atoms with van der Waals surface area (Å²) < 4.78 is 5.74. The van der Waals surface area contributed by atoms with E-state index >= 15 is 0 Å². The van der Waals surface area contributed by atoms with E-state index in [1.54, 1.807) is 18.2 Å². The molecule has 184 valence electrons. The molecule has 3 N–H and O–H groups in total. The first-order valence-corrected chi connectivity index (χ1v) is 12.8. The molecule has 4 aliphatic rings. The standard InChI is InChI=1S/C27H25ClN4O4/c28-15-7-8-20-18(11-15)27(26(35)30-20)23-22(24(33)32(25(23)34)13-16-4-3-9-36-16)21(31-27)10-14-12-29-19-6-2-1-5-17(14)19/h1-2,5-8,11-12,16,21-23,29,31H,3-4,9-10,13H2,(H,30,35)/t16-,21+,22-,23+,27+/m0/s1. The predicted octanol–water partition coefficient (Wildman–Crippen LogP) is 2.96. The fourth-order valence-corrected chi connectivity index (χ4v) is 6.89. The summed E-state index contributed by atoms with van der Waals surface area (Å²) >= 11 is 6.35. The number of imide groups is 1. The number of carbonyl (C=O) groups is 3. The van der Waals surface area contributed by atoms with Gasteiger partial charge in [0, 0.05) is 46.0 Å². The normalized spacial score (nSPS) is 31.0. The molecule has 9 heteroatoms. The molecule has 5 heterocycles. The lowest BCUT2D eigenvalue weighted by Crippen LogP contribution is -2.54. The maximum Gasteiger partial charge on any atom is 0.250 e. The van der Waals surface area contributed by atoms with Gasteiger partial charge in [-0.2, -0.15) is 0 Å². The van der Waals surface area contributed by atoms with Gasteiger partial charge in [0.15, 0.2) is 0 Å². The van der Waals surface area contributed by atoms with Crippen molar-refractivity contribution in [3.63, 3.8) is 0 Å². The average Bonchev–Trinajstić information content (AvgIpc) is 3.67. The van der Waals surface area contributed by atoms with E-state index < -0.39 is 23.4 Å². The molecule has 1 aromatic heterocycles. The summed E-state index contributed by atoms with van der Waals surface area (Å²) in [5, 5.41) is 7.95. The van der Waals surface area contributed by atoms with Crippen LogP contribution in [0.15, 0.2) is 48.7 Å². The number of nitrogens with zero attached hydrogens (tertiary/aromatic N) is 1. The third-order valence-electron chi connectivity index (χ3n) is 8.29. The number of halogens is 1. The minimum Gasteiger partial charge on any atom is -0.376 e. The van der Waals surface area contributed by atoms with Crippen molar-refractivity contribution in [3.8, 4) is 0 Å². The zero-order valence-electron chi connectivity index (χ0n) is 19.4. The number of para-hydroxylation sites is 1. The Bertz CT molecular complexity index is 1430. The fraction of sp³-hybridized carbons (Fsp3) is 0.370. The lowest BCUT2D eigenvalue weighted by atomic mass is 9.76. The van der Waals surface area contributed by atoms with Crippen molar-refractivity contribution < 1.29 is 19.1 Å². The molecular formula is C27H25ClN4O4. The number of ether oxygens (including phenoxy) is 1. The number of aromatic amines is 1. The highest BCUT2D eigenvalue weighted by Gasteiger charge is 2.70. The second kappa shape index (κ2) is 7.90. The highest BCUT2D eigenvalue weighted by Crippen LogP contribution is 2.54. The zero-order valence-corrected chi connectivity index (χ0v) is 20.2. The quantitative estimate of drug-likeness (QED) is 0.474. The van der Waals surface area contributed by atoms with E-state index in [1.807, 2.05) is 30.5 Å². The SMILES string of the molecule is O=C1[C@H]2[C@@H](Cc3c[nH]c4ccccc34)N[C@@]3(C(=O)Nc4ccc(Cl)cc43)[C@H]2C(=O)N1C[C@@H]1CCCO1. The Hall–Kier alpha value is -3.20. The van der Waals surface area contributed by atoms with Crippen molar-refractivity contribution in [1.29, 1.82) is 0 Å². The fourth-order valence-electron chi connectivity index (χ4n) is 6.72. The van der Waals surface area contributed by atoms with E-state index in [-0.39, 0.29) is 30.4 Å². The summed E-state index contributed by atoms with van der Waals surface area (Å²) in [5.74, 6) is -2.42. The second-order valence-electron chi connectivity index (χ2n) is 10.2. The summed E-state index contributed by atoms with van der Waals surface area (Å²) in [7, 11) is 0. The van der Waals surface area contributed by atoms with Gasteiger partial charge in [0.05, 0.1) is 24.5 Å². The van der Waals surface area contributed by atoms with Crippen LogP contribution in [-0.2, 0) is 31.1 Å². The molecule has 3 aromatic rings. The first-order valence-electron chi connectivity index (χ1n) is 12.4. The number of hydrogen-bond acceptors (Lipinski definition) is 5. The van der Waals surface area contributed by atoms with Crippen LogP contribution in [0.4, 0.5) is 5.69 Å². The number of fused-ring (bicyclic) bond motifs is 5. The Kier molecular flexibility index (Phi) is 4.83. The number of aromatic nitrogens is 1. The van der Waals surface area contributed by atoms with E-state index in [1.165, 1.54) is 4.90 Å². The zero-order chi connectivity index (χ0) is 24.6. The van der Waals surface area contributed by atoms with Crippen LogP contribution in [0.5, 0.6) is 0 Å². The average molecular weight is 505 g/mol. The molecule has 4 aliphatic heterocycles. The third-order valence-corrected chi connectivity index (χ3v) is 8.53. The van der Waals surface area contributed by atoms with Gasteiger partial charge in [-0.3, -0.25) is 24.6 Å². The molecule has 0 unspecified atom stereocenters. The maximum absolute atomic E-state index is 13.9. The largest absolute Gasteiger partial charge is 0.376 e. The highest BCUT2D eigenvalue weighted by molar-refractivity contribution is 6.31. The van der Waals surface area contributed by atoms with Gasteiger partial charge in [-0.15, -0.1) is 0 Å². The van der Waals surface area contributed by atoms with E-state index in [0.29, 0.717) is 29.3 Å². The van der Waals surface area contributed by atoms with Gasteiger partial charge in [-0.1, -0.05) is 29.8 Å². The van der Waals surface area contributed by atoms with Crippen LogP contribution in [0, 0.1) is 11.8 Å². The molecule has 2 aromatic carbocycles. The Balaban J connectivity index is 1.33. The number of H-pyrrole nitrogens is 1. The Labute approximate surface area is 212 Å². The van der Waals surface area contributed by atoms with Crippen LogP contribution in [0.3, 0.4) is 0 Å². The molecule has 5 atom stereocenters. The number of benzene rings is 2. The number of amides is 3. The molecule has 8 nitrogen and oxygen atoms in total. The highest BCUT2D eigenvalue weighted by atomic mass is 35.5. The molecule has 3 amide bonds. The van der Waals surface area contributed by atoms with Crippen LogP contribution in [-0.4, -0.2) is 52.9 Å². The summed E-state index contributed by atoms with van der Waals surface area (Å²) in [6, 6.07) is 12.7. The topological polar surface area (TPSA) is 104 Å². The Morgan fingerprint density at radius 1 is 1.11 bits per heavy atom. The lowest BCUT2D eigenvalue weighted by molar-refractivity contribution is -0.144. The number of hydrogen-bond donors (Lipinski definition) is 3. The van der Waals surface area contributed by atoms with Gasteiger partial charge in [-0.05, 0) is 49.1 Å². The van der Waals surface area contributed by atoms with E-state index in [2.05, 4.69) is 15.6 Å². The molecule has 7 rings (SSSR count). The van der Waals surface area contributed by atoms with Crippen molar-refractivity contribution in [2.75, 3.05) is 18.5 Å². The Morgan fingerprint density at radius 2 is 1.97 bits per heavy atom. The second-order valence-corrected chi connectivity index (χ2v) is 10.6. The minimum absolute atomic E-state index is 0.160. The molecule has 3 fully saturated rings. The van der Waals surface area contributed by atoms with Crippen molar-refractivity contribution >= 4 is 45.9 Å². The van der Waals surface area contributed by atoms with Gasteiger partial charge >= 0.3 is 0 Å². The number of rotatable bonds is 4. The number of anilines is 1. The number of carbonyl (C=O) groups excluding carboxylic acids is 3. The van der Waals surface area contributed by atoms with Crippen LogP contribution in [0.2, 0.25) is 5.02 Å². The van der Waals surface area contributed by atoms with Gasteiger partial charge < -0.3 is 15.0 Å². The summed E-state index contributed by atoms with van der Waals surface area (Å²) in [6.45, 7) is 0.862. The van der Waals surface area contributed by atoms with Crippen LogP contribution < -0.4 is 10.6 Å². The van der Waals surface area contributed by atoms with Gasteiger partial charge in [0.2, 0.25) is 17.7 Å². The minimum atomic E-state index is -1.36. The van der Waals surface area contributed by atoms with Crippen LogP contribution >= 0.6 is 11.6 Å². The molecule has 3 saturated heterocycles. The van der Waals surface area contributed by atoms with Gasteiger partial charge in [0.1, 0.15) is 5.54 Å². The van der Waals surface area contributed by atoms with Crippen LogP contribution in [0.25, 0.3) is 10.9 Å². The molecule has 1 spiro atoms. The first kappa shape index (κ1) is 22.0. The molecular weight excluding hydrogens is 480 g/mol. The third kappa shape index (κ3) is 2.98. The number of likely N-dealkylation sites (tertiary alicyclic amines) is 1. The van der Waals surface area contributed by atoms with Crippen molar-refractivity contribution in [1.82, 2.24) is 15.2 Å². The molecule has 0 bridgehead atoms. The predicted molar refractivity (Wildman–Crippen MR) is 133 cm³/mol. The maximum atomic E-state index is 13.9. The Morgan fingerprint density at radius 3 is 2.81 bits per heavy atom. The monoisotopic (exact) mass is 504 g/mol. The summed E-state index contributed by atoms with van der Waals surface area (Å²) in [5.41, 5.74) is 1.90. The van der Waals surface area contributed by atoms with Crippen molar-refractivity contribution in [3.05, 3.63) is 64.8 Å². The van der Waals surface area contributed by atoms with E-state index in [0.717, 1.165) is 29.3 Å². The van der Waals surface area contributed by atoms with Crippen molar-refractivity contribution in [2.24, 2.45) is 11.8 Å². The molecule has 36 heavy (non-hydrogen) atoms. The van der Waals surface area contributed by atoms with Gasteiger partial charge in [0.25, 0.3) is 0 Å².